The van der Waals surface area contributed by atoms with Gasteiger partial charge in [0.15, 0.2) is 0 Å². The van der Waals surface area contributed by atoms with Crippen molar-refractivity contribution in [3.63, 3.8) is 0 Å². The second-order valence-corrected chi connectivity index (χ2v) is 6.72. The number of hydrogen-bond donors (Lipinski definition) is 0. The molecule has 0 unspecified atom stereocenters. The molecule has 0 aliphatic rings. The summed E-state index contributed by atoms with van der Waals surface area (Å²) in [4.78, 5) is 4.62. The quantitative estimate of drug-likeness (QED) is 0.732. The van der Waals surface area contributed by atoms with Crippen LogP contribution in [0.5, 0.6) is 5.75 Å². The number of aromatic nitrogens is 1. The molecule has 2 nitrogen and oxygen atoms in total. The standard InChI is InChI=1S/C20H27NO/c1-7-9-20(4,5)17-13-16(22-6)12-15(3)19(17)18-11-14(2)8-10-21-18/h8,10-13H,7,9H2,1-6H3. The number of ether oxygens (including phenoxy) is 1. The summed E-state index contributed by atoms with van der Waals surface area (Å²) in [5, 5.41) is 0. The SMILES string of the molecule is CCCC(C)(C)c1cc(OC)cc(C)c1-c1cc(C)ccn1. The van der Waals surface area contributed by atoms with E-state index in [1.54, 1.807) is 7.11 Å². The molecule has 2 rings (SSSR count). The Balaban J connectivity index is 2.71. The minimum absolute atomic E-state index is 0.0921. The van der Waals surface area contributed by atoms with Gasteiger partial charge in [0.25, 0.3) is 0 Å². The molecule has 0 radical (unpaired) electrons. The molecule has 0 N–H and O–H groups in total. The van der Waals surface area contributed by atoms with Gasteiger partial charge < -0.3 is 4.74 Å². The monoisotopic (exact) mass is 297 g/mol. The maximum Gasteiger partial charge on any atom is 0.119 e. The second-order valence-electron chi connectivity index (χ2n) is 6.72. The smallest absolute Gasteiger partial charge is 0.119 e. The second kappa shape index (κ2) is 6.51. The van der Waals surface area contributed by atoms with Crippen molar-refractivity contribution in [2.45, 2.75) is 52.9 Å². The highest BCUT2D eigenvalue weighted by molar-refractivity contribution is 5.71. The van der Waals surface area contributed by atoms with Gasteiger partial charge in [0.05, 0.1) is 12.8 Å². The summed E-state index contributed by atoms with van der Waals surface area (Å²) < 4.78 is 5.50. The Morgan fingerprint density at radius 2 is 1.86 bits per heavy atom. The zero-order valence-corrected chi connectivity index (χ0v) is 14.7. The fraction of sp³-hybridized carbons (Fsp3) is 0.450. The summed E-state index contributed by atoms with van der Waals surface area (Å²) in [6.07, 6.45) is 4.19. The van der Waals surface area contributed by atoms with E-state index in [2.05, 4.69) is 57.8 Å². The lowest BCUT2D eigenvalue weighted by molar-refractivity contribution is 0.409. The van der Waals surface area contributed by atoms with Crippen LogP contribution in [0.2, 0.25) is 0 Å². The Bertz CT molecular complexity index is 659. The van der Waals surface area contributed by atoms with E-state index in [0.29, 0.717) is 0 Å². The van der Waals surface area contributed by atoms with Crippen LogP contribution in [0.3, 0.4) is 0 Å². The highest BCUT2D eigenvalue weighted by Crippen LogP contribution is 2.40. The first-order chi connectivity index (χ1) is 10.4. The molecule has 0 atom stereocenters. The number of rotatable bonds is 5. The van der Waals surface area contributed by atoms with Gasteiger partial charge in [0.2, 0.25) is 0 Å². The van der Waals surface area contributed by atoms with Crippen molar-refractivity contribution < 1.29 is 4.74 Å². The van der Waals surface area contributed by atoms with Gasteiger partial charge in [-0.1, -0.05) is 27.2 Å². The van der Waals surface area contributed by atoms with Gasteiger partial charge in [0, 0.05) is 11.8 Å². The first kappa shape index (κ1) is 16.5. The fourth-order valence-electron chi connectivity index (χ4n) is 3.18. The largest absolute Gasteiger partial charge is 0.497 e. The Hall–Kier alpha value is -1.83. The van der Waals surface area contributed by atoms with Crippen molar-refractivity contribution in [3.05, 3.63) is 47.2 Å². The maximum absolute atomic E-state index is 5.50. The molecular weight excluding hydrogens is 270 g/mol. The molecular formula is C20H27NO. The van der Waals surface area contributed by atoms with Crippen LogP contribution in [-0.2, 0) is 5.41 Å². The molecule has 0 aliphatic carbocycles. The normalized spacial score (nSPS) is 11.5. The average molecular weight is 297 g/mol. The zero-order valence-electron chi connectivity index (χ0n) is 14.7. The molecule has 0 spiro atoms. The van der Waals surface area contributed by atoms with E-state index in [1.165, 1.54) is 22.3 Å². The van der Waals surface area contributed by atoms with Crippen molar-refractivity contribution in [1.82, 2.24) is 4.98 Å². The Morgan fingerprint density at radius 1 is 1.14 bits per heavy atom. The number of aryl methyl sites for hydroxylation is 2. The van der Waals surface area contributed by atoms with E-state index in [9.17, 15) is 0 Å². The van der Waals surface area contributed by atoms with Crippen LogP contribution in [0.1, 0.15) is 50.3 Å². The summed E-state index contributed by atoms with van der Waals surface area (Å²) in [6, 6.07) is 8.49. The number of pyridine rings is 1. The number of methoxy groups -OCH3 is 1. The first-order valence-electron chi connectivity index (χ1n) is 8.01. The van der Waals surface area contributed by atoms with Crippen molar-refractivity contribution in [1.29, 1.82) is 0 Å². The molecule has 0 bridgehead atoms. The molecule has 0 aliphatic heterocycles. The van der Waals surface area contributed by atoms with Crippen LogP contribution >= 0.6 is 0 Å². The minimum atomic E-state index is 0.0921. The van der Waals surface area contributed by atoms with Crippen LogP contribution in [0.4, 0.5) is 0 Å². The topological polar surface area (TPSA) is 22.1 Å². The van der Waals surface area contributed by atoms with E-state index in [4.69, 9.17) is 4.74 Å². The Morgan fingerprint density at radius 3 is 2.45 bits per heavy atom. The summed E-state index contributed by atoms with van der Waals surface area (Å²) >= 11 is 0. The number of benzene rings is 1. The van der Waals surface area contributed by atoms with E-state index < -0.39 is 0 Å². The van der Waals surface area contributed by atoms with Gasteiger partial charge in [-0.2, -0.15) is 0 Å². The highest BCUT2D eigenvalue weighted by atomic mass is 16.5. The molecule has 2 aromatic rings. The lowest BCUT2D eigenvalue weighted by Crippen LogP contribution is -2.19. The predicted molar refractivity (Wildman–Crippen MR) is 93.6 cm³/mol. The van der Waals surface area contributed by atoms with E-state index in [0.717, 1.165) is 24.3 Å². The average Bonchev–Trinajstić information content (AvgIpc) is 2.46. The molecule has 1 aromatic heterocycles. The zero-order chi connectivity index (χ0) is 16.3. The molecule has 2 heteroatoms. The van der Waals surface area contributed by atoms with Crippen LogP contribution in [0.15, 0.2) is 30.5 Å². The van der Waals surface area contributed by atoms with Crippen LogP contribution in [0, 0.1) is 13.8 Å². The van der Waals surface area contributed by atoms with Crippen LogP contribution < -0.4 is 4.74 Å². The van der Waals surface area contributed by atoms with Crippen molar-refractivity contribution >= 4 is 0 Å². The van der Waals surface area contributed by atoms with E-state index in [1.807, 2.05) is 12.3 Å². The van der Waals surface area contributed by atoms with Crippen molar-refractivity contribution in [2.24, 2.45) is 0 Å². The maximum atomic E-state index is 5.50. The van der Waals surface area contributed by atoms with Gasteiger partial charge in [0.1, 0.15) is 5.75 Å². The number of nitrogens with zero attached hydrogens (tertiary/aromatic N) is 1. The summed E-state index contributed by atoms with van der Waals surface area (Å²) in [6.45, 7) is 11.1. The van der Waals surface area contributed by atoms with Gasteiger partial charge >= 0.3 is 0 Å². The highest BCUT2D eigenvalue weighted by Gasteiger charge is 2.26. The van der Waals surface area contributed by atoms with E-state index >= 15 is 0 Å². The summed E-state index contributed by atoms with van der Waals surface area (Å²) in [5.74, 6) is 0.924. The van der Waals surface area contributed by atoms with Gasteiger partial charge in [-0.05, 0) is 66.6 Å². The molecule has 1 aromatic carbocycles. The first-order valence-corrected chi connectivity index (χ1v) is 8.01. The minimum Gasteiger partial charge on any atom is -0.497 e. The Labute approximate surface area is 134 Å². The predicted octanol–water partition coefficient (Wildman–Crippen LogP) is 5.45. The Kier molecular flexibility index (Phi) is 4.90. The number of hydrogen-bond acceptors (Lipinski definition) is 2. The molecule has 22 heavy (non-hydrogen) atoms. The third-order valence-electron chi connectivity index (χ3n) is 4.32. The fourth-order valence-corrected chi connectivity index (χ4v) is 3.18. The van der Waals surface area contributed by atoms with E-state index in [-0.39, 0.29) is 5.41 Å². The van der Waals surface area contributed by atoms with Crippen LogP contribution in [-0.4, -0.2) is 12.1 Å². The molecule has 0 saturated heterocycles. The van der Waals surface area contributed by atoms with Gasteiger partial charge in [-0.3, -0.25) is 4.98 Å². The van der Waals surface area contributed by atoms with Gasteiger partial charge in [-0.25, -0.2) is 0 Å². The lowest BCUT2D eigenvalue weighted by Gasteiger charge is -2.29. The molecule has 0 amide bonds. The summed E-state index contributed by atoms with van der Waals surface area (Å²) in [5.41, 5.74) is 6.18. The van der Waals surface area contributed by atoms with Gasteiger partial charge in [-0.15, -0.1) is 0 Å². The molecule has 0 fully saturated rings. The third kappa shape index (κ3) is 3.32. The van der Waals surface area contributed by atoms with Crippen LogP contribution in [0.25, 0.3) is 11.3 Å². The third-order valence-corrected chi connectivity index (χ3v) is 4.32. The molecule has 1 heterocycles. The lowest BCUT2D eigenvalue weighted by atomic mass is 9.76. The summed E-state index contributed by atoms with van der Waals surface area (Å²) in [7, 11) is 1.73. The van der Waals surface area contributed by atoms with Crippen molar-refractivity contribution in [2.75, 3.05) is 7.11 Å². The molecule has 118 valence electrons. The molecule has 0 saturated carbocycles. The van der Waals surface area contributed by atoms with Crippen molar-refractivity contribution in [3.8, 4) is 17.0 Å².